The zero-order valence-corrected chi connectivity index (χ0v) is 9.89. The molecule has 1 aromatic heterocycles. The summed E-state index contributed by atoms with van der Waals surface area (Å²) < 4.78 is 0. The van der Waals surface area contributed by atoms with Crippen molar-refractivity contribution in [2.75, 3.05) is 0 Å². The van der Waals surface area contributed by atoms with Gasteiger partial charge in [-0.2, -0.15) is 0 Å². The zero-order valence-electron chi connectivity index (χ0n) is 7.50. The van der Waals surface area contributed by atoms with Gasteiger partial charge >= 0.3 is 0 Å². The van der Waals surface area contributed by atoms with Crippen LogP contribution in [0.15, 0.2) is 6.20 Å². The average Bonchev–Trinajstić information content (AvgIpc) is 2.01. The molecular formula is C8H13Cl3N2. The number of nitrogens with two attached hydrogens (primary N) is 1. The third-order valence-corrected chi connectivity index (χ3v) is 2.30. The van der Waals surface area contributed by atoms with Gasteiger partial charge in [0.25, 0.3) is 0 Å². The molecule has 0 atom stereocenters. The van der Waals surface area contributed by atoms with Gasteiger partial charge < -0.3 is 5.73 Å². The Balaban J connectivity index is 0. The summed E-state index contributed by atoms with van der Waals surface area (Å²) in [6.45, 7) is 4.32. The fraction of sp³-hybridized carbons (Fsp3) is 0.375. The number of pyridine rings is 1. The van der Waals surface area contributed by atoms with E-state index in [0.29, 0.717) is 6.54 Å². The summed E-state index contributed by atoms with van der Waals surface area (Å²) in [4.78, 5) is 4.15. The lowest BCUT2D eigenvalue weighted by molar-refractivity contribution is 0.962. The van der Waals surface area contributed by atoms with Gasteiger partial charge in [0.1, 0.15) is 0 Å². The fourth-order valence-corrected chi connectivity index (χ4v) is 1.11. The number of aryl methyl sites for hydroxylation is 1. The van der Waals surface area contributed by atoms with E-state index in [1.54, 1.807) is 6.20 Å². The summed E-state index contributed by atoms with van der Waals surface area (Å²) in [5.41, 5.74) is 8.32. The average molecular weight is 244 g/mol. The lowest BCUT2D eigenvalue weighted by Crippen LogP contribution is -2.03. The van der Waals surface area contributed by atoms with Crippen molar-refractivity contribution in [3.63, 3.8) is 0 Å². The molecule has 0 bridgehead atoms. The Morgan fingerprint density at radius 3 is 2.38 bits per heavy atom. The normalized spacial score (nSPS) is 8.62. The number of hydrogen-bond acceptors (Lipinski definition) is 2. The van der Waals surface area contributed by atoms with Gasteiger partial charge in [-0.3, -0.25) is 4.98 Å². The van der Waals surface area contributed by atoms with Gasteiger partial charge in [-0.1, -0.05) is 11.6 Å². The maximum absolute atomic E-state index is 5.97. The monoisotopic (exact) mass is 242 g/mol. The van der Waals surface area contributed by atoms with E-state index in [1.165, 1.54) is 0 Å². The van der Waals surface area contributed by atoms with Crippen molar-refractivity contribution in [3.8, 4) is 0 Å². The first-order valence-corrected chi connectivity index (χ1v) is 3.85. The summed E-state index contributed by atoms with van der Waals surface area (Å²) in [5.74, 6) is 0. The van der Waals surface area contributed by atoms with Gasteiger partial charge in [-0.25, -0.2) is 0 Å². The van der Waals surface area contributed by atoms with E-state index >= 15 is 0 Å². The second-order valence-corrected chi connectivity index (χ2v) is 2.91. The summed E-state index contributed by atoms with van der Waals surface area (Å²) in [5, 5.41) is 0.778. The molecule has 0 radical (unpaired) electrons. The Morgan fingerprint density at radius 2 is 1.92 bits per heavy atom. The third-order valence-electron chi connectivity index (χ3n) is 1.72. The van der Waals surface area contributed by atoms with Crippen LogP contribution in [-0.2, 0) is 6.54 Å². The van der Waals surface area contributed by atoms with Crippen LogP contribution in [0.5, 0.6) is 0 Å². The molecule has 1 rings (SSSR count). The van der Waals surface area contributed by atoms with Crippen LogP contribution in [0.3, 0.4) is 0 Å². The fourth-order valence-electron chi connectivity index (χ4n) is 0.956. The number of nitrogens with zero attached hydrogens (tertiary/aromatic N) is 1. The van der Waals surface area contributed by atoms with Crippen molar-refractivity contribution >= 4 is 36.4 Å². The van der Waals surface area contributed by atoms with Gasteiger partial charge in [0.05, 0.1) is 5.69 Å². The first kappa shape index (κ1) is 15.5. The molecule has 0 amide bonds. The van der Waals surface area contributed by atoms with E-state index in [9.17, 15) is 0 Å². The number of hydrogen-bond donors (Lipinski definition) is 1. The van der Waals surface area contributed by atoms with Gasteiger partial charge in [0, 0.05) is 17.8 Å². The van der Waals surface area contributed by atoms with E-state index in [0.717, 1.165) is 21.8 Å². The maximum atomic E-state index is 5.97. The van der Waals surface area contributed by atoms with Crippen LogP contribution in [-0.4, -0.2) is 4.98 Å². The van der Waals surface area contributed by atoms with Crippen LogP contribution in [0, 0.1) is 13.8 Å². The lowest BCUT2D eigenvalue weighted by Gasteiger charge is -2.05. The summed E-state index contributed by atoms with van der Waals surface area (Å²) in [7, 11) is 0. The molecule has 1 aromatic rings. The topological polar surface area (TPSA) is 38.9 Å². The summed E-state index contributed by atoms with van der Waals surface area (Å²) in [6.07, 6.45) is 1.75. The molecule has 2 N–H and O–H groups in total. The molecule has 2 nitrogen and oxygen atoms in total. The minimum Gasteiger partial charge on any atom is -0.325 e. The molecule has 0 aliphatic carbocycles. The predicted molar refractivity (Wildman–Crippen MR) is 61.1 cm³/mol. The molecule has 0 aromatic carbocycles. The Bertz CT molecular complexity index is 276. The van der Waals surface area contributed by atoms with Gasteiger partial charge in [-0.05, 0) is 25.0 Å². The largest absolute Gasteiger partial charge is 0.325 e. The van der Waals surface area contributed by atoms with Gasteiger partial charge in [0.2, 0.25) is 0 Å². The van der Waals surface area contributed by atoms with E-state index in [2.05, 4.69) is 4.98 Å². The number of rotatable bonds is 1. The first-order chi connectivity index (χ1) is 5.16. The van der Waals surface area contributed by atoms with Crippen LogP contribution in [0.4, 0.5) is 0 Å². The minimum atomic E-state index is 0. The molecule has 5 heteroatoms. The van der Waals surface area contributed by atoms with E-state index in [4.69, 9.17) is 17.3 Å². The van der Waals surface area contributed by atoms with Crippen molar-refractivity contribution in [2.45, 2.75) is 20.4 Å². The highest BCUT2D eigenvalue weighted by atomic mass is 35.5. The quantitative estimate of drug-likeness (QED) is 0.824. The maximum Gasteiger partial charge on any atom is 0.0583 e. The zero-order chi connectivity index (χ0) is 8.43. The molecule has 0 unspecified atom stereocenters. The lowest BCUT2D eigenvalue weighted by atomic mass is 10.1. The van der Waals surface area contributed by atoms with E-state index < -0.39 is 0 Å². The van der Waals surface area contributed by atoms with Gasteiger partial charge in [0.15, 0.2) is 0 Å². The highest BCUT2D eigenvalue weighted by molar-refractivity contribution is 6.32. The van der Waals surface area contributed by atoms with Crippen LogP contribution in [0.1, 0.15) is 16.8 Å². The van der Waals surface area contributed by atoms with Crippen molar-refractivity contribution in [1.29, 1.82) is 0 Å². The second-order valence-electron chi connectivity index (χ2n) is 2.53. The highest BCUT2D eigenvalue weighted by Crippen LogP contribution is 2.20. The van der Waals surface area contributed by atoms with Crippen molar-refractivity contribution in [2.24, 2.45) is 5.73 Å². The van der Waals surface area contributed by atoms with Crippen molar-refractivity contribution in [1.82, 2.24) is 4.98 Å². The molecule has 76 valence electrons. The van der Waals surface area contributed by atoms with Crippen LogP contribution < -0.4 is 5.73 Å². The predicted octanol–water partition coefficient (Wildman–Crippen LogP) is 2.65. The molecule has 0 saturated heterocycles. The van der Waals surface area contributed by atoms with E-state index in [1.807, 2.05) is 13.8 Å². The van der Waals surface area contributed by atoms with Crippen LogP contribution >= 0.6 is 36.4 Å². The summed E-state index contributed by atoms with van der Waals surface area (Å²) >= 11 is 5.97. The summed E-state index contributed by atoms with van der Waals surface area (Å²) in [6, 6.07) is 0. The Kier molecular flexibility index (Phi) is 7.65. The second kappa shape index (κ2) is 6.44. The molecule has 0 spiro atoms. The highest BCUT2D eigenvalue weighted by Gasteiger charge is 2.04. The molecule has 0 aliphatic rings. The molecule has 0 fully saturated rings. The Hall–Kier alpha value is -0.0200. The molecule has 13 heavy (non-hydrogen) atoms. The Labute approximate surface area is 95.7 Å². The standard InChI is InChI=1S/C8H11ClN2.2ClH/c1-5-4-11-7(3-10)6(2)8(5)9;;/h4H,3,10H2,1-2H3;2*1H. The van der Waals surface area contributed by atoms with Crippen LogP contribution in [0.2, 0.25) is 5.02 Å². The first-order valence-electron chi connectivity index (χ1n) is 3.47. The van der Waals surface area contributed by atoms with Gasteiger partial charge in [-0.15, -0.1) is 24.8 Å². The molecule has 1 heterocycles. The van der Waals surface area contributed by atoms with E-state index in [-0.39, 0.29) is 24.8 Å². The van der Waals surface area contributed by atoms with Crippen LogP contribution in [0.25, 0.3) is 0 Å². The number of aromatic nitrogens is 1. The molecule has 0 saturated carbocycles. The molecular weight excluding hydrogens is 230 g/mol. The minimum absolute atomic E-state index is 0. The molecule has 0 aliphatic heterocycles. The van der Waals surface area contributed by atoms with Crippen molar-refractivity contribution in [3.05, 3.63) is 28.0 Å². The third kappa shape index (κ3) is 3.31. The Morgan fingerprint density at radius 1 is 1.38 bits per heavy atom. The van der Waals surface area contributed by atoms with Crippen molar-refractivity contribution < 1.29 is 0 Å². The SMILES string of the molecule is Cc1cnc(CN)c(C)c1Cl.Cl.Cl. The smallest absolute Gasteiger partial charge is 0.0583 e. The number of halogens is 3.